The highest BCUT2D eigenvalue weighted by molar-refractivity contribution is 7.10. The molecule has 2 unspecified atom stereocenters. The summed E-state index contributed by atoms with van der Waals surface area (Å²) in [4.78, 5) is 13.7. The zero-order valence-electron chi connectivity index (χ0n) is 17.2. The van der Waals surface area contributed by atoms with Crippen molar-refractivity contribution in [2.75, 3.05) is 24.9 Å². The molecule has 2 N–H and O–H groups in total. The minimum absolute atomic E-state index is 0.0746. The van der Waals surface area contributed by atoms with E-state index in [1.165, 1.54) is 37.7 Å². The average Bonchev–Trinajstić information content (AvgIpc) is 3.42. The van der Waals surface area contributed by atoms with Crippen molar-refractivity contribution in [1.82, 2.24) is 9.78 Å². The Balaban J connectivity index is 1.71. The van der Waals surface area contributed by atoms with E-state index in [-0.39, 0.29) is 45.2 Å². The highest BCUT2D eigenvalue weighted by atomic mass is 35.5. The van der Waals surface area contributed by atoms with E-state index in [0.29, 0.717) is 0 Å². The van der Waals surface area contributed by atoms with Gasteiger partial charge in [0.1, 0.15) is 22.3 Å². The van der Waals surface area contributed by atoms with Crippen molar-refractivity contribution in [3.63, 3.8) is 0 Å². The molecule has 0 radical (unpaired) electrons. The second-order valence-electron chi connectivity index (χ2n) is 7.10. The van der Waals surface area contributed by atoms with Gasteiger partial charge in [-0.25, -0.2) is 4.68 Å². The highest BCUT2D eigenvalue weighted by Crippen LogP contribution is 2.47. The molecule has 2 aromatic heterocycles. The molecular formula is C20H17Cl2F3N4O3S. The predicted molar refractivity (Wildman–Crippen MR) is 120 cm³/mol. The number of halogens is 5. The monoisotopic (exact) mass is 520 g/mol. The SMILES string of the molecule is COc1cc(NC(=O)c2nn3c(c2Cl)NC(c2cccs2)CC3C(F)(F)F)c(OC)cc1Cl. The van der Waals surface area contributed by atoms with Crippen molar-refractivity contribution < 1.29 is 27.4 Å². The lowest BCUT2D eigenvalue weighted by molar-refractivity contribution is -0.173. The summed E-state index contributed by atoms with van der Waals surface area (Å²) in [5.74, 6) is -0.409. The van der Waals surface area contributed by atoms with Crippen molar-refractivity contribution in [2.24, 2.45) is 0 Å². The van der Waals surface area contributed by atoms with Gasteiger partial charge in [0.2, 0.25) is 0 Å². The number of aromatic nitrogens is 2. The molecule has 0 bridgehead atoms. The van der Waals surface area contributed by atoms with Crippen molar-refractivity contribution in [3.05, 3.63) is 50.3 Å². The molecule has 0 spiro atoms. The number of fused-ring (bicyclic) bond motifs is 1. The van der Waals surface area contributed by atoms with Crippen LogP contribution in [-0.4, -0.2) is 36.1 Å². The summed E-state index contributed by atoms with van der Waals surface area (Å²) in [6.45, 7) is 0. The summed E-state index contributed by atoms with van der Waals surface area (Å²) in [7, 11) is 2.77. The van der Waals surface area contributed by atoms with Crippen LogP contribution >= 0.6 is 34.5 Å². The number of ether oxygens (including phenoxy) is 2. The number of carbonyl (C=O) groups is 1. The van der Waals surface area contributed by atoms with Gasteiger partial charge in [0.05, 0.1) is 31.0 Å². The number of methoxy groups -OCH3 is 2. The van der Waals surface area contributed by atoms with Crippen LogP contribution in [0.25, 0.3) is 0 Å². The third-order valence-corrected chi connectivity index (χ3v) is 6.76. The van der Waals surface area contributed by atoms with Crippen LogP contribution < -0.4 is 20.1 Å². The Morgan fingerprint density at radius 2 is 2.00 bits per heavy atom. The first-order valence-electron chi connectivity index (χ1n) is 9.51. The summed E-state index contributed by atoms with van der Waals surface area (Å²) < 4.78 is 52.7. The highest BCUT2D eigenvalue weighted by Gasteiger charge is 2.48. The topological polar surface area (TPSA) is 77.4 Å². The van der Waals surface area contributed by atoms with Crippen LogP contribution in [-0.2, 0) is 0 Å². The Hall–Kier alpha value is -2.63. The fourth-order valence-electron chi connectivity index (χ4n) is 3.55. The molecule has 1 aromatic carbocycles. The normalized spacial score (nSPS) is 17.8. The lowest BCUT2D eigenvalue weighted by Gasteiger charge is -2.32. The van der Waals surface area contributed by atoms with E-state index in [2.05, 4.69) is 15.7 Å². The third-order valence-electron chi connectivity index (χ3n) is 5.12. The van der Waals surface area contributed by atoms with E-state index in [1.54, 1.807) is 17.5 Å². The van der Waals surface area contributed by atoms with Crippen molar-refractivity contribution in [1.29, 1.82) is 0 Å². The van der Waals surface area contributed by atoms with Gasteiger partial charge in [-0.15, -0.1) is 11.3 Å². The number of rotatable bonds is 5. The first-order valence-corrected chi connectivity index (χ1v) is 11.1. The quantitative estimate of drug-likeness (QED) is 0.419. The van der Waals surface area contributed by atoms with Crippen LogP contribution in [0.3, 0.4) is 0 Å². The van der Waals surface area contributed by atoms with E-state index < -0.39 is 24.2 Å². The molecule has 0 fully saturated rings. The number of carbonyl (C=O) groups excluding carboxylic acids is 1. The zero-order chi connectivity index (χ0) is 23.9. The van der Waals surface area contributed by atoms with Crippen LogP contribution in [0.2, 0.25) is 10.0 Å². The number of hydrogen-bond donors (Lipinski definition) is 2. The fraction of sp³-hybridized carbons (Fsp3) is 0.300. The largest absolute Gasteiger partial charge is 0.495 e. The maximum absolute atomic E-state index is 13.9. The summed E-state index contributed by atoms with van der Waals surface area (Å²) in [6.07, 6.45) is -4.89. The van der Waals surface area contributed by atoms with Gasteiger partial charge in [-0.2, -0.15) is 18.3 Å². The summed E-state index contributed by atoms with van der Waals surface area (Å²) in [5.41, 5.74) is -0.182. The summed E-state index contributed by atoms with van der Waals surface area (Å²) in [5, 5.41) is 11.3. The molecule has 3 aromatic rings. The molecular weight excluding hydrogens is 504 g/mol. The summed E-state index contributed by atoms with van der Waals surface area (Å²) >= 11 is 13.8. The lowest BCUT2D eigenvalue weighted by Crippen LogP contribution is -2.35. The average molecular weight is 521 g/mol. The number of thiophene rings is 1. The van der Waals surface area contributed by atoms with Crippen molar-refractivity contribution >= 4 is 52.0 Å². The van der Waals surface area contributed by atoms with Gasteiger partial charge in [0.25, 0.3) is 5.91 Å². The van der Waals surface area contributed by atoms with Crippen molar-refractivity contribution in [2.45, 2.75) is 24.7 Å². The minimum Gasteiger partial charge on any atom is -0.495 e. The van der Waals surface area contributed by atoms with E-state index in [0.717, 1.165) is 9.56 Å². The lowest BCUT2D eigenvalue weighted by atomic mass is 10.0. The Morgan fingerprint density at radius 1 is 1.27 bits per heavy atom. The van der Waals surface area contributed by atoms with Gasteiger partial charge in [0, 0.05) is 23.4 Å². The van der Waals surface area contributed by atoms with Gasteiger partial charge in [-0.1, -0.05) is 29.3 Å². The number of benzene rings is 1. The van der Waals surface area contributed by atoms with Gasteiger partial charge in [-0.3, -0.25) is 4.79 Å². The summed E-state index contributed by atoms with van der Waals surface area (Å²) in [6, 6.07) is 3.77. The van der Waals surface area contributed by atoms with Crippen LogP contribution in [0, 0.1) is 0 Å². The second-order valence-corrected chi connectivity index (χ2v) is 8.87. The number of alkyl halides is 3. The van der Waals surface area contributed by atoms with Crippen LogP contribution in [0.4, 0.5) is 24.7 Å². The molecule has 1 aliphatic heterocycles. The molecule has 3 heterocycles. The predicted octanol–water partition coefficient (Wildman–Crippen LogP) is 6.18. The number of hydrogen-bond acceptors (Lipinski definition) is 6. The zero-order valence-corrected chi connectivity index (χ0v) is 19.5. The van der Waals surface area contributed by atoms with Gasteiger partial charge in [0.15, 0.2) is 11.7 Å². The van der Waals surface area contributed by atoms with E-state index in [9.17, 15) is 18.0 Å². The maximum Gasteiger partial charge on any atom is 0.410 e. The molecule has 1 amide bonds. The van der Waals surface area contributed by atoms with E-state index in [1.807, 2.05) is 0 Å². The Kier molecular flexibility index (Phi) is 6.39. The molecule has 1 aliphatic rings. The smallest absolute Gasteiger partial charge is 0.410 e. The molecule has 176 valence electrons. The van der Waals surface area contributed by atoms with E-state index >= 15 is 0 Å². The standard InChI is InChI=1S/C20H17Cl2F3N4O3S/c1-31-12-7-10(13(32-2)6-9(12)21)27-19(30)17-16(22)18-26-11(14-4-3-5-33-14)8-15(20(23,24)25)29(18)28-17/h3-7,11,15,26H,8H2,1-2H3,(H,27,30). The Bertz CT molecular complexity index is 1180. The van der Waals surface area contributed by atoms with E-state index in [4.69, 9.17) is 32.7 Å². The minimum atomic E-state index is -4.60. The number of nitrogens with one attached hydrogen (secondary N) is 2. The fourth-order valence-corrected chi connectivity index (χ4v) is 4.84. The molecule has 13 heteroatoms. The van der Waals surface area contributed by atoms with Gasteiger partial charge >= 0.3 is 6.18 Å². The Morgan fingerprint density at radius 3 is 2.61 bits per heavy atom. The van der Waals surface area contributed by atoms with Crippen LogP contribution in [0.5, 0.6) is 11.5 Å². The van der Waals surface area contributed by atoms with Gasteiger partial charge in [-0.05, 0) is 11.4 Å². The van der Waals surface area contributed by atoms with Crippen LogP contribution in [0.15, 0.2) is 29.6 Å². The van der Waals surface area contributed by atoms with Crippen LogP contribution in [0.1, 0.15) is 33.9 Å². The molecule has 33 heavy (non-hydrogen) atoms. The number of nitrogens with zero attached hydrogens (tertiary/aromatic N) is 2. The first-order chi connectivity index (χ1) is 15.6. The third kappa shape index (κ3) is 4.44. The van der Waals surface area contributed by atoms with Gasteiger partial charge < -0.3 is 20.1 Å². The Labute approximate surface area is 200 Å². The molecule has 2 atom stereocenters. The number of anilines is 2. The molecule has 0 saturated heterocycles. The molecule has 4 rings (SSSR count). The molecule has 7 nitrogen and oxygen atoms in total. The first kappa shape index (κ1) is 23.5. The second kappa shape index (κ2) is 8.96. The number of amides is 1. The molecule has 0 saturated carbocycles. The van der Waals surface area contributed by atoms with Crippen molar-refractivity contribution in [3.8, 4) is 11.5 Å². The molecule has 0 aliphatic carbocycles. The maximum atomic E-state index is 13.9.